The van der Waals surface area contributed by atoms with Gasteiger partial charge < -0.3 is 14.2 Å². The molecule has 2 unspecified atom stereocenters. The molecule has 0 saturated carbocycles. The fraction of sp³-hybridized carbons (Fsp3) is 0.786. The second-order valence-corrected chi connectivity index (χ2v) is 11.0. The number of hydrogen-bond acceptors (Lipinski definition) is 5. The van der Waals surface area contributed by atoms with Crippen molar-refractivity contribution in [2.75, 3.05) is 7.11 Å². The number of ether oxygens (including phenoxy) is 3. The van der Waals surface area contributed by atoms with Crippen molar-refractivity contribution in [1.29, 1.82) is 0 Å². The minimum absolute atomic E-state index is 0.0581. The molecule has 1 saturated heterocycles. The Balaban J connectivity index is 1.81. The minimum Gasteiger partial charge on any atom is -0.462 e. The van der Waals surface area contributed by atoms with Gasteiger partial charge in [0.1, 0.15) is 12.2 Å². The number of fused-ring (bicyclic) bond motifs is 1. The van der Waals surface area contributed by atoms with Crippen LogP contribution in [-0.4, -0.2) is 37.4 Å². The van der Waals surface area contributed by atoms with Crippen molar-refractivity contribution in [1.82, 2.24) is 0 Å². The second-order valence-electron chi connectivity index (χ2n) is 11.0. The smallest absolute Gasteiger partial charge is 0.309 e. The van der Waals surface area contributed by atoms with Crippen LogP contribution in [0.4, 0.5) is 0 Å². The third kappa shape index (κ3) is 5.55. The van der Waals surface area contributed by atoms with Crippen LogP contribution >= 0.6 is 0 Å². The molecule has 0 aromatic heterocycles. The summed E-state index contributed by atoms with van der Waals surface area (Å²) in [5, 5.41) is 0. The number of methoxy groups -OCH3 is 1. The highest BCUT2D eigenvalue weighted by Crippen LogP contribution is 2.54. The molecule has 1 aliphatic heterocycles. The van der Waals surface area contributed by atoms with E-state index in [2.05, 4.69) is 52.8 Å². The number of esters is 2. The highest BCUT2D eigenvalue weighted by atomic mass is 16.6. The first-order valence-corrected chi connectivity index (χ1v) is 12.9. The minimum atomic E-state index is -0.245. The third-order valence-corrected chi connectivity index (χ3v) is 8.80. The van der Waals surface area contributed by atoms with Gasteiger partial charge in [-0.25, -0.2) is 0 Å². The highest BCUT2D eigenvalue weighted by molar-refractivity contribution is 5.72. The molecule has 3 rings (SSSR count). The monoisotopic (exact) mass is 460 g/mol. The highest BCUT2D eigenvalue weighted by Gasteiger charge is 2.51. The normalized spacial score (nSPS) is 38.0. The van der Waals surface area contributed by atoms with Gasteiger partial charge in [0.2, 0.25) is 0 Å². The molecular weight excluding hydrogens is 416 g/mol. The summed E-state index contributed by atoms with van der Waals surface area (Å²) in [5.74, 6) is 0.979. The average molecular weight is 461 g/mol. The van der Waals surface area contributed by atoms with Crippen LogP contribution in [0.25, 0.3) is 0 Å². The topological polar surface area (TPSA) is 61.8 Å². The maximum absolute atomic E-state index is 13.1. The Bertz CT molecular complexity index is 770. The molecule has 5 heteroatoms. The largest absolute Gasteiger partial charge is 0.462 e. The predicted octanol–water partition coefficient (Wildman–Crippen LogP) is 5.88. The predicted molar refractivity (Wildman–Crippen MR) is 129 cm³/mol. The Morgan fingerprint density at radius 2 is 1.97 bits per heavy atom. The lowest BCUT2D eigenvalue weighted by molar-refractivity contribution is -0.168. The molecule has 1 heterocycles. The van der Waals surface area contributed by atoms with Gasteiger partial charge in [-0.15, -0.1) is 0 Å². The first-order chi connectivity index (χ1) is 15.6. The van der Waals surface area contributed by atoms with Crippen LogP contribution < -0.4 is 0 Å². The Labute approximate surface area is 200 Å². The summed E-state index contributed by atoms with van der Waals surface area (Å²) in [5.41, 5.74) is 1.04. The summed E-state index contributed by atoms with van der Waals surface area (Å²) in [6.45, 7) is 13.0. The van der Waals surface area contributed by atoms with Gasteiger partial charge in [0.05, 0.1) is 18.4 Å². The molecule has 1 fully saturated rings. The van der Waals surface area contributed by atoms with Gasteiger partial charge >= 0.3 is 11.9 Å². The SMILES string of the molecule is CC[C@@H](C)C(C)C(=O)O[C@H]1C[C@@H](C)C=C2C=C[C@H](C)[C@H](CCC3C[C@@H](OC)CC(=O)O3)[C@]21C. The molecule has 5 nitrogen and oxygen atoms in total. The number of carbonyl (C=O) groups is 2. The Morgan fingerprint density at radius 3 is 2.64 bits per heavy atom. The lowest BCUT2D eigenvalue weighted by Crippen LogP contribution is -2.50. The van der Waals surface area contributed by atoms with Crippen molar-refractivity contribution in [2.45, 2.75) is 98.4 Å². The summed E-state index contributed by atoms with van der Waals surface area (Å²) < 4.78 is 17.4. The van der Waals surface area contributed by atoms with Crippen LogP contribution in [0.2, 0.25) is 0 Å². The molecule has 3 aliphatic rings. The van der Waals surface area contributed by atoms with E-state index in [4.69, 9.17) is 14.2 Å². The first kappa shape index (κ1) is 26.0. The van der Waals surface area contributed by atoms with Crippen molar-refractivity contribution < 1.29 is 23.8 Å². The fourth-order valence-electron chi connectivity index (χ4n) is 6.08. The molecule has 0 bridgehead atoms. The molecule has 9 atom stereocenters. The second kappa shape index (κ2) is 10.8. The number of cyclic esters (lactones) is 1. The molecule has 0 aromatic rings. The Kier molecular flexibility index (Phi) is 8.47. The standard InChI is InChI=1S/C28H44O5/c1-8-18(3)20(5)27(30)33-25-14-17(2)13-21-10-9-19(4)24(28(21,25)6)12-11-22-15-23(31-7)16-26(29)32-22/h9-10,13,17-20,22-25H,8,11-12,14-16H2,1-7H3/t17-,18+,19-,20?,22?,23+,24-,25-,28-/m0/s1. The van der Waals surface area contributed by atoms with Crippen LogP contribution in [0.15, 0.2) is 23.8 Å². The van der Waals surface area contributed by atoms with E-state index in [1.807, 2.05) is 6.92 Å². The summed E-state index contributed by atoms with van der Waals surface area (Å²) in [4.78, 5) is 25.1. The third-order valence-electron chi connectivity index (χ3n) is 8.80. The molecule has 2 aliphatic carbocycles. The number of rotatable bonds is 8. The van der Waals surface area contributed by atoms with E-state index < -0.39 is 0 Å². The number of allylic oxidation sites excluding steroid dienone is 3. The molecular formula is C28H44O5. The van der Waals surface area contributed by atoms with E-state index in [9.17, 15) is 9.59 Å². The summed E-state index contributed by atoms with van der Waals surface area (Å²) in [6.07, 6.45) is 11.2. The van der Waals surface area contributed by atoms with E-state index in [1.165, 1.54) is 5.57 Å². The van der Waals surface area contributed by atoms with E-state index in [-0.39, 0.29) is 41.6 Å². The van der Waals surface area contributed by atoms with Crippen LogP contribution in [0.3, 0.4) is 0 Å². The molecule has 0 N–H and O–H groups in total. The molecule has 186 valence electrons. The lowest BCUT2D eigenvalue weighted by Gasteiger charge is -2.51. The number of carbonyl (C=O) groups excluding carboxylic acids is 2. The van der Waals surface area contributed by atoms with Crippen molar-refractivity contribution >= 4 is 11.9 Å². The molecule has 0 radical (unpaired) electrons. The zero-order valence-corrected chi connectivity index (χ0v) is 21.6. The quantitative estimate of drug-likeness (QED) is 0.424. The maximum atomic E-state index is 13.1. The van der Waals surface area contributed by atoms with Crippen LogP contribution in [0.5, 0.6) is 0 Å². The zero-order chi connectivity index (χ0) is 24.3. The van der Waals surface area contributed by atoms with E-state index in [0.717, 1.165) is 32.1 Å². The van der Waals surface area contributed by atoms with E-state index in [0.29, 0.717) is 30.1 Å². The summed E-state index contributed by atoms with van der Waals surface area (Å²) in [6, 6.07) is 0. The molecule has 0 amide bonds. The van der Waals surface area contributed by atoms with E-state index in [1.54, 1.807) is 7.11 Å². The van der Waals surface area contributed by atoms with Crippen molar-refractivity contribution in [3.05, 3.63) is 23.8 Å². The van der Waals surface area contributed by atoms with Gasteiger partial charge in [-0.1, -0.05) is 66.2 Å². The van der Waals surface area contributed by atoms with Crippen LogP contribution in [0, 0.1) is 35.0 Å². The summed E-state index contributed by atoms with van der Waals surface area (Å²) in [7, 11) is 1.66. The van der Waals surface area contributed by atoms with Crippen molar-refractivity contribution in [3.8, 4) is 0 Å². The van der Waals surface area contributed by atoms with Gasteiger partial charge in [-0.05, 0) is 48.5 Å². The van der Waals surface area contributed by atoms with Gasteiger partial charge in [0.25, 0.3) is 0 Å². The van der Waals surface area contributed by atoms with E-state index >= 15 is 0 Å². The number of hydrogen-bond donors (Lipinski definition) is 0. The zero-order valence-electron chi connectivity index (χ0n) is 21.6. The molecule has 0 aromatic carbocycles. The van der Waals surface area contributed by atoms with Gasteiger partial charge in [0.15, 0.2) is 0 Å². The maximum Gasteiger partial charge on any atom is 0.309 e. The van der Waals surface area contributed by atoms with Gasteiger partial charge in [-0.2, -0.15) is 0 Å². The summed E-state index contributed by atoms with van der Waals surface area (Å²) >= 11 is 0. The van der Waals surface area contributed by atoms with Gasteiger partial charge in [0, 0.05) is 18.9 Å². The average Bonchev–Trinajstić information content (AvgIpc) is 2.78. The van der Waals surface area contributed by atoms with Gasteiger partial charge in [-0.3, -0.25) is 9.59 Å². The molecule has 0 spiro atoms. The Morgan fingerprint density at radius 1 is 1.24 bits per heavy atom. The fourth-order valence-corrected chi connectivity index (χ4v) is 6.08. The van der Waals surface area contributed by atoms with Crippen molar-refractivity contribution in [2.24, 2.45) is 35.0 Å². The molecule has 33 heavy (non-hydrogen) atoms. The first-order valence-electron chi connectivity index (χ1n) is 12.9. The lowest BCUT2D eigenvalue weighted by atomic mass is 9.55. The Hall–Kier alpha value is -1.62. The van der Waals surface area contributed by atoms with Crippen LogP contribution in [0.1, 0.15) is 80.1 Å². The van der Waals surface area contributed by atoms with Crippen molar-refractivity contribution in [3.63, 3.8) is 0 Å². The van der Waals surface area contributed by atoms with Crippen LogP contribution in [-0.2, 0) is 23.8 Å².